The number of aromatic nitrogens is 2. The summed E-state index contributed by atoms with van der Waals surface area (Å²) in [6, 6.07) is 7.47. The van der Waals surface area contributed by atoms with Crippen molar-refractivity contribution in [1.29, 1.82) is 0 Å². The van der Waals surface area contributed by atoms with E-state index in [1.54, 1.807) is 6.20 Å². The highest BCUT2D eigenvalue weighted by molar-refractivity contribution is 5.91. The van der Waals surface area contributed by atoms with Crippen LogP contribution >= 0.6 is 0 Å². The SMILES string of the molecule is NCCCC[C@H](NC(=O)[C@H](Cc1c[nH]cn1)NC(=O)CN)C(=O)OCc1ccccc1. The van der Waals surface area contributed by atoms with E-state index in [1.165, 1.54) is 6.33 Å². The predicted octanol–water partition coefficient (Wildman–Crippen LogP) is -0.247. The highest BCUT2D eigenvalue weighted by Crippen LogP contribution is 2.08. The number of H-pyrrole nitrogens is 1. The Morgan fingerprint density at radius 1 is 1.06 bits per heavy atom. The van der Waals surface area contributed by atoms with E-state index in [9.17, 15) is 14.4 Å². The lowest BCUT2D eigenvalue weighted by Crippen LogP contribution is -2.53. The summed E-state index contributed by atoms with van der Waals surface area (Å²) < 4.78 is 5.40. The molecule has 2 amide bonds. The van der Waals surface area contributed by atoms with E-state index >= 15 is 0 Å². The summed E-state index contributed by atoms with van der Waals surface area (Å²) in [4.78, 5) is 44.3. The number of nitrogens with two attached hydrogens (primary N) is 2. The van der Waals surface area contributed by atoms with Crippen LogP contribution in [0.2, 0.25) is 0 Å². The van der Waals surface area contributed by atoms with Crippen LogP contribution in [-0.4, -0.2) is 52.9 Å². The minimum Gasteiger partial charge on any atom is -0.459 e. The number of nitrogens with zero attached hydrogens (tertiary/aromatic N) is 1. The summed E-state index contributed by atoms with van der Waals surface area (Å²) in [7, 11) is 0. The van der Waals surface area contributed by atoms with Gasteiger partial charge in [0.05, 0.1) is 18.6 Å². The van der Waals surface area contributed by atoms with Gasteiger partial charge in [0.25, 0.3) is 0 Å². The zero-order valence-electron chi connectivity index (χ0n) is 17.4. The average Bonchev–Trinajstić information content (AvgIpc) is 3.30. The van der Waals surface area contributed by atoms with Gasteiger partial charge in [-0.15, -0.1) is 0 Å². The van der Waals surface area contributed by atoms with Gasteiger partial charge in [-0.3, -0.25) is 9.59 Å². The fraction of sp³-hybridized carbons (Fsp3) is 0.429. The van der Waals surface area contributed by atoms with Crippen molar-refractivity contribution in [3.05, 3.63) is 54.1 Å². The molecule has 0 fully saturated rings. The third kappa shape index (κ3) is 8.57. The predicted molar refractivity (Wildman–Crippen MR) is 114 cm³/mol. The number of esters is 1. The summed E-state index contributed by atoms with van der Waals surface area (Å²) in [5.74, 6) is -1.54. The lowest BCUT2D eigenvalue weighted by Gasteiger charge is -2.22. The maximum absolute atomic E-state index is 12.9. The fourth-order valence-electron chi connectivity index (χ4n) is 2.92. The number of unbranched alkanes of at least 4 members (excludes halogenated alkanes) is 1. The second-order valence-electron chi connectivity index (χ2n) is 7.03. The van der Waals surface area contributed by atoms with Crippen LogP contribution in [-0.2, 0) is 32.1 Å². The Balaban J connectivity index is 2.04. The molecule has 2 atom stereocenters. The Kier molecular flexibility index (Phi) is 10.2. The molecule has 1 heterocycles. The van der Waals surface area contributed by atoms with Gasteiger partial charge in [-0.05, 0) is 31.4 Å². The first kappa shape index (κ1) is 24.0. The van der Waals surface area contributed by atoms with Crippen molar-refractivity contribution in [2.75, 3.05) is 13.1 Å². The average molecular weight is 431 g/mol. The van der Waals surface area contributed by atoms with Gasteiger partial charge in [0.15, 0.2) is 0 Å². The zero-order valence-corrected chi connectivity index (χ0v) is 17.4. The number of rotatable bonds is 13. The molecule has 0 aliphatic heterocycles. The molecule has 0 aliphatic rings. The van der Waals surface area contributed by atoms with Crippen LogP contribution in [0.1, 0.15) is 30.5 Å². The Morgan fingerprint density at radius 2 is 1.84 bits per heavy atom. The number of benzene rings is 1. The molecule has 0 saturated carbocycles. The van der Waals surface area contributed by atoms with Gasteiger partial charge in [0.2, 0.25) is 11.8 Å². The van der Waals surface area contributed by atoms with Crippen molar-refractivity contribution in [2.45, 2.75) is 44.4 Å². The highest BCUT2D eigenvalue weighted by Gasteiger charge is 2.28. The Morgan fingerprint density at radius 3 is 2.48 bits per heavy atom. The minimum absolute atomic E-state index is 0.101. The van der Waals surface area contributed by atoms with Crippen molar-refractivity contribution < 1.29 is 19.1 Å². The fourth-order valence-corrected chi connectivity index (χ4v) is 2.92. The van der Waals surface area contributed by atoms with E-state index in [-0.39, 0.29) is 19.6 Å². The van der Waals surface area contributed by atoms with Crippen molar-refractivity contribution in [1.82, 2.24) is 20.6 Å². The standard InChI is InChI=1S/C21H30N6O4/c22-9-5-4-8-17(21(30)31-13-15-6-2-1-3-7-15)27-20(29)18(26-19(28)11-23)10-16-12-24-14-25-16/h1-3,6-7,12,14,17-18H,4-5,8-11,13,22-23H2,(H,24,25)(H,26,28)(H,27,29)/t17-,18-/m0/s1. The van der Waals surface area contributed by atoms with Crippen LogP contribution in [0.25, 0.3) is 0 Å². The normalized spacial score (nSPS) is 12.6. The Hall–Kier alpha value is -3.24. The van der Waals surface area contributed by atoms with Gasteiger partial charge in [-0.1, -0.05) is 30.3 Å². The van der Waals surface area contributed by atoms with Crippen LogP contribution in [0, 0.1) is 0 Å². The zero-order chi connectivity index (χ0) is 22.5. The molecule has 0 unspecified atom stereocenters. The maximum atomic E-state index is 12.9. The molecule has 2 aromatic rings. The van der Waals surface area contributed by atoms with Gasteiger partial charge >= 0.3 is 5.97 Å². The van der Waals surface area contributed by atoms with Crippen LogP contribution < -0.4 is 22.1 Å². The first-order valence-electron chi connectivity index (χ1n) is 10.2. The maximum Gasteiger partial charge on any atom is 0.328 e. The van der Waals surface area contributed by atoms with E-state index in [2.05, 4.69) is 20.6 Å². The van der Waals surface area contributed by atoms with Gasteiger partial charge in [-0.2, -0.15) is 0 Å². The molecule has 31 heavy (non-hydrogen) atoms. The molecule has 0 saturated heterocycles. The van der Waals surface area contributed by atoms with Crippen LogP contribution in [0.3, 0.4) is 0 Å². The van der Waals surface area contributed by atoms with E-state index < -0.39 is 29.9 Å². The lowest BCUT2D eigenvalue weighted by molar-refractivity contribution is -0.149. The summed E-state index contributed by atoms with van der Waals surface area (Å²) in [6.45, 7) is 0.320. The third-order valence-electron chi connectivity index (χ3n) is 4.58. The lowest BCUT2D eigenvalue weighted by atomic mass is 10.1. The van der Waals surface area contributed by atoms with Crippen molar-refractivity contribution in [2.24, 2.45) is 11.5 Å². The van der Waals surface area contributed by atoms with Crippen molar-refractivity contribution in [3.63, 3.8) is 0 Å². The van der Waals surface area contributed by atoms with E-state index in [1.807, 2.05) is 30.3 Å². The molecule has 1 aromatic heterocycles. The molecule has 2 rings (SSSR count). The number of amides is 2. The molecule has 0 spiro atoms. The number of carbonyl (C=O) groups is 3. The first-order valence-corrected chi connectivity index (χ1v) is 10.2. The Bertz CT molecular complexity index is 813. The van der Waals surface area contributed by atoms with Crippen LogP contribution in [0.15, 0.2) is 42.9 Å². The number of nitrogens with one attached hydrogen (secondary N) is 3. The van der Waals surface area contributed by atoms with Crippen molar-refractivity contribution in [3.8, 4) is 0 Å². The molecule has 7 N–H and O–H groups in total. The summed E-state index contributed by atoms with van der Waals surface area (Å²) in [6.07, 6.45) is 4.97. The number of hydrogen-bond donors (Lipinski definition) is 5. The van der Waals surface area contributed by atoms with Gasteiger partial charge in [-0.25, -0.2) is 9.78 Å². The molecular weight excluding hydrogens is 400 g/mol. The second kappa shape index (κ2) is 13.1. The summed E-state index contributed by atoms with van der Waals surface area (Å²) >= 11 is 0. The smallest absolute Gasteiger partial charge is 0.328 e. The number of aromatic amines is 1. The molecule has 1 aromatic carbocycles. The van der Waals surface area contributed by atoms with E-state index in [0.717, 1.165) is 5.56 Å². The topological polar surface area (TPSA) is 165 Å². The van der Waals surface area contributed by atoms with Crippen LogP contribution in [0.5, 0.6) is 0 Å². The number of ether oxygens (including phenoxy) is 1. The molecule has 10 heteroatoms. The van der Waals surface area contributed by atoms with Crippen LogP contribution in [0.4, 0.5) is 0 Å². The second-order valence-corrected chi connectivity index (χ2v) is 7.03. The largest absolute Gasteiger partial charge is 0.459 e. The molecule has 10 nitrogen and oxygen atoms in total. The van der Waals surface area contributed by atoms with Gasteiger partial charge in [0.1, 0.15) is 18.7 Å². The van der Waals surface area contributed by atoms with Gasteiger partial charge in [0, 0.05) is 12.6 Å². The Labute approximate surface area is 181 Å². The monoisotopic (exact) mass is 430 g/mol. The summed E-state index contributed by atoms with van der Waals surface area (Å²) in [5, 5.41) is 5.28. The molecular formula is C21H30N6O4. The number of imidazole rings is 1. The first-order chi connectivity index (χ1) is 15.0. The summed E-state index contributed by atoms with van der Waals surface area (Å²) in [5.41, 5.74) is 12.3. The molecule has 0 bridgehead atoms. The van der Waals surface area contributed by atoms with Gasteiger partial charge < -0.3 is 31.8 Å². The highest BCUT2D eigenvalue weighted by atomic mass is 16.5. The quantitative estimate of drug-likeness (QED) is 0.216. The molecule has 0 aliphatic carbocycles. The van der Waals surface area contributed by atoms with E-state index in [4.69, 9.17) is 16.2 Å². The third-order valence-corrected chi connectivity index (χ3v) is 4.58. The number of hydrogen-bond acceptors (Lipinski definition) is 7. The number of carbonyl (C=O) groups excluding carboxylic acids is 3. The van der Waals surface area contributed by atoms with Crippen molar-refractivity contribution >= 4 is 17.8 Å². The van der Waals surface area contributed by atoms with E-state index in [0.29, 0.717) is 31.5 Å². The molecule has 168 valence electrons. The molecule has 0 radical (unpaired) electrons. The minimum atomic E-state index is -0.932.